The fraction of sp³-hybridized carbons (Fsp3) is 0.190. The van der Waals surface area contributed by atoms with Gasteiger partial charge in [-0.1, -0.05) is 11.3 Å². The third kappa shape index (κ3) is 3.81. The molecule has 2 aromatic heterocycles. The molecule has 2 aliphatic rings. The lowest BCUT2D eigenvalue weighted by Crippen LogP contribution is -2.52. The van der Waals surface area contributed by atoms with Crippen LogP contribution in [0.4, 0.5) is 5.69 Å². The summed E-state index contributed by atoms with van der Waals surface area (Å²) in [4.78, 5) is 62.1. The van der Waals surface area contributed by atoms with Gasteiger partial charge >= 0.3 is 0 Å². The number of aromatic nitrogens is 3. The van der Waals surface area contributed by atoms with Crippen LogP contribution in [0.25, 0.3) is 5.69 Å². The van der Waals surface area contributed by atoms with Crippen molar-refractivity contribution in [3.8, 4) is 5.69 Å². The Morgan fingerprint density at radius 3 is 2.76 bits per heavy atom. The number of hydrogen-bond donors (Lipinski definition) is 3. The third-order valence-corrected chi connectivity index (χ3v) is 6.55. The van der Waals surface area contributed by atoms with Crippen molar-refractivity contribution >= 4 is 46.6 Å². The van der Waals surface area contributed by atoms with Crippen molar-refractivity contribution in [1.82, 2.24) is 25.2 Å². The van der Waals surface area contributed by atoms with Crippen LogP contribution in [-0.2, 0) is 16.1 Å². The molecule has 0 saturated carbocycles. The summed E-state index contributed by atoms with van der Waals surface area (Å²) < 4.78 is 1.36. The first kappa shape index (κ1) is 21.5. The Labute approximate surface area is 195 Å². The van der Waals surface area contributed by atoms with Gasteiger partial charge in [0, 0.05) is 23.9 Å². The molecule has 4 heterocycles. The number of nitrogens with zero attached hydrogens (tertiary/aromatic N) is 4. The lowest BCUT2D eigenvalue weighted by Gasteiger charge is -2.29. The van der Waals surface area contributed by atoms with Gasteiger partial charge in [-0.2, -0.15) is 0 Å². The molecule has 12 nitrogen and oxygen atoms in total. The molecule has 0 radical (unpaired) electrons. The number of carbonyl (C=O) groups is 5. The Kier molecular flexibility index (Phi) is 5.17. The minimum atomic E-state index is -0.699. The van der Waals surface area contributed by atoms with Gasteiger partial charge in [0.2, 0.25) is 11.8 Å². The molecule has 1 aromatic carbocycles. The van der Waals surface area contributed by atoms with E-state index in [4.69, 9.17) is 5.73 Å². The number of amides is 5. The van der Waals surface area contributed by atoms with E-state index in [2.05, 4.69) is 20.9 Å². The van der Waals surface area contributed by atoms with E-state index in [1.807, 2.05) is 0 Å². The van der Waals surface area contributed by atoms with Crippen molar-refractivity contribution < 1.29 is 24.0 Å². The Morgan fingerprint density at radius 2 is 2.03 bits per heavy atom. The minimum absolute atomic E-state index is 0.0313. The number of primary amides is 1. The number of imide groups is 1. The van der Waals surface area contributed by atoms with Crippen LogP contribution >= 0.6 is 11.3 Å². The third-order valence-electron chi connectivity index (χ3n) is 5.60. The van der Waals surface area contributed by atoms with Crippen molar-refractivity contribution in [3.63, 3.8) is 0 Å². The first-order valence-electron chi connectivity index (χ1n) is 10.2. The first-order valence-corrected chi connectivity index (χ1v) is 11.1. The highest BCUT2D eigenvalue weighted by Crippen LogP contribution is 2.29. The van der Waals surface area contributed by atoms with E-state index >= 15 is 0 Å². The zero-order valence-electron chi connectivity index (χ0n) is 17.5. The molecular formula is C21H17N7O5S. The molecule has 172 valence electrons. The summed E-state index contributed by atoms with van der Waals surface area (Å²) in [6.07, 6.45) is 1.88. The van der Waals surface area contributed by atoms with Gasteiger partial charge in [0.25, 0.3) is 17.7 Å². The molecule has 2 aliphatic heterocycles. The zero-order chi connectivity index (χ0) is 24.0. The van der Waals surface area contributed by atoms with Crippen LogP contribution in [0, 0.1) is 0 Å². The lowest BCUT2D eigenvalue weighted by atomic mass is 10.0. The Bertz CT molecular complexity index is 1380. The van der Waals surface area contributed by atoms with Crippen LogP contribution in [0.1, 0.15) is 48.9 Å². The van der Waals surface area contributed by atoms with Gasteiger partial charge in [-0.15, -0.1) is 16.4 Å². The number of thiophene rings is 1. The molecular weight excluding hydrogens is 462 g/mol. The summed E-state index contributed by atoms with van der Waals surface area (Å²) in [6.45, 7) is 0.264. The molecule has 1 fully saturated rings. The van der Waals surface area contributed by atoms with E-state index in [9.17, 15) is 24.0 Å². The number of anilines is 1. The quantitative estimate of drug-likeness (QED) is 0.446. The van der Waals surface area contributed by atoms with Gasteiger partial charge in [-0.3, -0.25) is 29.3 Å². The highest BCUT2D eigenvalue weighted by Gasteiger charge is 2.39. The Morgan fingerprint density at radius 1 is 1.21 bits per heavy atom. The van der Waals surface area contributed by atoms with Crippen LogP contribution in [-0.4, -0.2) is 55.5 Å². The van der Waals surface area contributed by atoms with E-state index in [0.717, 1.165) is 16.9 Å². The number of nitrogens with two attached hydrogens (primary N) is 1. The number of hydrogen-bond acceptors (Lipinski definition) is 8. The van der Waals surface area contributed by atoms with Crippen LogP contribution < -0.4 is 16.4 Å². The molecule has 0 spiro atoms. The fourth-order valence-corrected chi connectivity index (χ4v) is 4.60. The number of benzene rings is 1. The van der Waals surface area contributed by atoms with Crippen LogP contribution in [0.5, 0.6) is 0 Å². The average Bonchev–Trinajstić information content (AvgIpc) is 3.53. The monoisotopic (exact) mass is 479 g/mol. The second-order valence-corrected chi connectivity index (χ2v) is 8.72. The average molecular weight is 479 g/mol. The minimum Gasteiger partial charge on any atom is -0.365 e. The van der Waals surface area contributed by atoms with Crippen molar-refractivity contribution in [2.75, 3.05) is 5.32 Å². The number of nitrogens with one attached hydrogen (secondary N) is 2. The highest BCUT2D eigenvalue weighted by atomic mass is 32.1. The standard InChI is InChI=1S/C21H17N7O5S/c22-18(30)16-5-11(9-34-16)23-19(31)14-8-28(26-25-14)12-2-1-10-7-27(21(33)13(10)6-12)15-3-4-17(29)24-20(15)32/h1-2,5-6,8-9,15H,3-4,7H2,(H2,22,30)(H,23,31)(H,24,29,32). The summed E-state index contributed by atoms with van der Waals surface area (Å²) >= 11 is 1.11. The summed E-state index contributed by atoms with van der Waals surface area (Å²) in [5, 5.41) is 14.3. The van der Waals surface area contributed by atoms with Crippen LogP contribution in [0.15, 0.2) is 35.8 Å². The summed E-state index contributed by atoms with van der Waals surface area (Å²) in [5.74, 6) is -2.24. The second kappa shape index (κ2) is 8.19. The molecule has 5 amide bonds. The molecule has 34 heavy (non-hydrogen) atoms. The van der Waals surface area contributed by atoms with E-state index in [-0.39, 0.29) is 36.9 Å². The van der Waals surface area contributed by atoms with Crippen molar-refractivity contribution in [1.29, 1.82) is 0 Å². The number of rotatable bonds is 5. The predicted molar refractivity (Wildman–Crippen MR) is 118 cm³/mol. The molecule has 0 bridgehead atoms. The molecule has 1 saturated heterocycles. The van der Waals surface area contributed by atoms with Gasteiger partial charge in [-0.25, -0.2) is 4.68 Å². The van der Waals surface area contributed by atoms with E-state index < -0.39 is 23.8 Å². The topological polar surface area (TPSA) is 169 Å². The van der Waals surface area contributed by atoms with Crippen molar-refractivity contribution in [3.05, 3.63) is 57.5 Å². The maximum Gasteiger partial charge on any atom is 0.277 e. The van der Waals surface area contributed by atoms with E-state index in [1.165, 1.54) is 21.8 Å². The number of fused-ring (bicyclic) bond motifs is 1. The van der Waals surface area contributed by atoms with E-state index in [1.54, 1.807) is 23.6 Å². The summed E-state index contributed by atoms with van der Waals surface area (Å²) in [5.41, 5.74) is 7.34. The van der Waals surface area contributed by atoms with Crippen molar-refractivity contribution in [2.24, 2.45) is 5.73 Å². The fourth-order valence-electron chi connectivity index (χ4n) is 3.91. The van der Waals surface area contributed by atoms with Gasteiger partial charge in [0.05, 0.1) is 22.4 Å². The molecule has 13 heteroatoms. The molecule has 5 rings (SSSR count). The largest absolute Gasteiger partial charge is 0.365 e. The highest BCUT2D eigenvalue weighted by molar-refractivity contribution is 7.12. The van der Waals surface area contributed by atoms with Crippen molar-refractivity contribution in [2.45, 2.75) is 25.4 Å². The first-order chi connectivity index (χ1) is 16.3. The smallest absolute Gasteiger partial charge is 0.277 e. The van der Waals surface area contributed by atoms with Gasteiger partial charge in [-0.05, 0) is 30.2 Å². The zero-order valence-corrected chi connectivity index (χ0v) is 18.3. The Hall–Kier alpha value is -4.39. The predicted octanol–water partition coefficient (Wildman–Crippen LogP) is 0.441. The Balaban J connectivity index is 1.32. The van der Waals surface area contributed by atoms with Gasteiger partial charge < -0.3 is 16.0 Å². The normalized spacial score (nSPS) is 17.5. The molecule has 1 atom stereocenters. The van der Waals surface area contributed by atoms with Gasteiger partial charge in [0.15, 0.2) is 5.69 Å². The number of piperidine rings is 1. The van der Waals surface area contributed by atoms with Crippen LogP contribution in [0.3, 0.4) is 0 Å². The number of carbonyl (C=O) groups excluding carboxylic acids is 5. The molecule has 3 aromatic rings. The summed E-state index contributed by atoms with van der Waals surface area (Å²) in [6, 6.07) is 5.88. The van der Waals surface area contributed by atoms with Crippen LogP contribution in [0.2, 0.25) is 0 Å². The maximum atomic E-state index is 13.0. The molecule has 4 N–H and O–H groups in total. The summed E-state index contributed by atoms with van der Waals surface area (Å²) in [7, 11) is 0. The SMILES string of the molecule is NC(=O)c1cc(NC(=O)c2cn(-c3ccc4c(c3)C(=O)N(C3CCC(=O)NC3=O)C4)nn2)cs1. The lowest BCUT2D eigenvalue weighted by molar-refractivity contribution is -0.136. The maximum absolute atomic E-state index is 13.0. The second-order valence-electron chi connectivity index (χ2n) is 7.81. The molecule has 0 aliphatic carbocycles. The van der Waals surface area contributed by atoms with Gasteiger partial charge in [0.1, 0.15) is 6.04 Å². The van der Waals surface area contributed by atoms with E-state index in [0.29, 0.717) is 21.8 Å². The molecule has 1 unspecified atom stereocenters.